The molecule has 1 saturated heterocycles. The maximum Gasteiger partial charge on any atom is 0.291 e. The number of benzene rings is 1. The molecule has 0 radical (unpaired) electrons. The number of hydrogen-bond acceptors (Lipinski definition) is 5. The molecule has 2 aromatic heterocycles. The molecule has 1 aliphatic carbocycles. The van der Waals surface area contributed by atoms with Gasteiger partial charge in [0.2, 0.25) is 11.8 Å². The topological polar surface area (TPSA) is 60.0 Å². The van der Waals surface area contributed by atoms with E-state index in [-0.39, 0.29) is 42.5 Å². The number of alkyl halides is 2. The fraction of sp³-hybridized carbons (Fsp3) is 0.609. The van der Waals surface area contributed by atoms with E-state index in [0.29, 0.717) is 24.2 Å². The van der Waals surface area contributed by atoms with E-state index >= 15 is 0 Å². The molecule has 9 heteroatoms. The fourth-order valence-electron chi connectivity index (χ4n) is 5.10. The lowest BCUT2D eigenvalue weighted by Crippen LogP contribution is -2.44. The third kappa shape index (κ3) is 3.91. The van der Waals surface area contributed by atoms with Gasteiger partial charge in [-0.25, -0.2) is 13.2 Å². The number of hydrogen-bond donors (Lipinski definition) is 0. The summed E-state index contributed by atoms with van der Waals surface area (Å²) in [4.78, 5) is 6.89. The van der Waals surface area contributed by atoms with Gasteiger partial charge in [0.25, 0.3) is 5.95 Å². The van der Waals surface area contributed by atoms with Gasteiger partial charge in [-0.2, -0.15) is 14.8 Å². The van der Waals surface area contributed by atoms with Crippen LogP contribution >= 0.6 is 0 Å². The van der Waals surface area contributed by atoms with Crippen molar-refractivity contribution in [2.45, 2.75) is 76.2 Å². The Morgan fingerprint density at radius 2 is 1.81 bits per heavy atom. The Morgan fingerprint density at radius 1 is 1.09 bits per heavy atom. The molecule has 0 bridgehead atoms. The number of halogens is 3. The first-order valence-corrected chi connectivity index (χ1v) is 11.5. The van der Waals surface area contributed by atoms with E-state index in [9.17, 15) is 13.2 Å². The second-order valence-corrected chi connectivity index (χ2v) is 9.42. The lowest BCUT2D eigenvalue weighted by Gasteiger charge is -2.40. The quantitative estimate of drug-likeness (QED) is 0.534. The molecule has 32 heavy (non-hydrogen) atoms. The smallest absolute Gasteiger partial charge is 0.291 e. The second-order valence-electron chi connectivity index (χ2n) is 9.42. The highest BCUT2D eigenvalue weighted by Crippen LogP contribution is 2.37. The van der Waals surface area contributed by atoms with Gasteiger partial charge in [-0.05, 0) is 55.9 Å². The van der Waals surface area contributed by atoms with Crippen molar-refractivity contribution in [2.75, 3.05) is 13.1 Å². The zero-order valence-corrected chi connectivity index (χ0v) is 18.4. The van der Waals surface area contributed by atoms with Crippen molar-refractivity contribution < 1.29 is 17.7 Å². The number of rotatable bonds is 4. The van der Waals surface area contributed by atoms with Crippen molar-refractivity contribution in [1.82, 2.24) is 24.8 Å². The molecular weight excluding hydrogens is 419 g/mol. The molecule has 0 spiro atoms. The molecular formula is C23H28F3N5O. The Labute approximate surface area is 184 Å². The van der Waals surface area contributed by atoms with Crippen LogP contribution in [-0.2, 0) is 0 Å². The van der Waals surface area contributed by atoms with Gasteiger partial charge in [-0.15, -0.1) is 0 Å². The summed E-state index contributed by atoms with van der Waals surface area (Å²) >= 11 is 0. The summed E-state index contributed by atoms with van der Waals surface area (Å²) in [5, 5.41) is 9.43. The first-order chi connectivity index (χ1) is 15.3. The van der Waals surface area contributed by atoms with Gasteiger partial charge in [0.05, 0.1) is 5.69 Å². The third-order valence-electron chi connectivity index (χ3n) is 6.93. The van der Waals surface area contributed by atoms with E-state index in [2.05, 4.69) is 20.1 Å². The normalized spacial score (nSPS) is 21.1. The van der Waals surface area contributed by atoms with Gasteiger partial charge in [0.1, 0.15) is 11.3 Å². The van der Waals surface area contributed by atoms with E-state index in [1.807, 2.05) is 19.9 Å². The number of nitrogens with zero attached hydrogens (tertiary/aromatic N) is 5. The summed E-state index contributed by atoms with van der Waals surface area (Å²) in [7, 11) is 0. The number of aromatic nitrogens is 4. The molecule has 0 amide bonds. The van der Waals surface area contributed by atoms with Crippen LogP contribution in [0.25, 0.3) is 16.9 Å². The summed E-state index contributed by atoms with van der Waals surface area (Å²) < 4.78 is 48.6. The average Bonchev–Trinajstić information content (AvgIpc) is 3.40. The molecule has 2 aliphatic rings. The van der Waals surface area contributed by atoms with Gasteiger partial charge in [0.15, 0.2) is 0 Å². The predicted molar refractivity (Wildman–Crippen MR) is 114 cm³/mol. The first-order valence-electron chi connectivity index (χ1n) is 11.5. The minimum atomic E-state index is -2.50. The van der Waals surface area contributed by atoms with Crippen LogP contribution in [0.4, 0.5) is 13.2 Å². The molecule has 0 atom stereocenters. The van der Waals surface area contributed by atoms with Gasteiger partial charge in [0, 0.05) is 30.2 Å². The number of likely N-dealkylation sites (tertiary alicyclic amines) is 1. The molecule has 1 saturated carbocycles. The molecule has 3 aromatic rings. The molecule has 1 aliphatic heterocycles. The van der Waals surface area contributed by atoms with E-state index in [0.717, 1.165) is 37.0 Å². The zero-order chi connectivity index (χ0) is 22.5. The van der Waals surface area contributed by atoms with Gasteiger partial charge < -0.3 is 9.42 Å². The summed E-state index contributed by atoms with van der Waals surface area (Å²) in [6.07, 6.45) is 2.74. The number of para-hydroxylation sites is 1. The van der Waals surface area contributed by atoms with Crippen LogP contribution < -0.4 is 0 Å². The minimum absolute atomic E-state index is 0.0165. The second kappa shape index (κ2) is 8.17. The van der Waals surface area contributed by atoms with Gasteiger partial charge >= 0.3 is 0 Å². The summed E-state index contributed by atoms with van der Waals surface area (Å²) in [6.45, 7) is 5.69. The van der Waals surface area contributed by atoms with Gasteiger partial charge in [-0.3, -0.25) is 0 Å². The van der Waals surface area contributed by atoms with Crippen molar-refractivity contribution in [1.29, 1.82) is 0 Å². The number of fused-ring (bicyclic) bond motifs is 1. The summed E-state index contributed by atoms with van der Waals surface area (Å²) in [5.41, 5.74) is 1.14. The SMILES string of the molecule is CC(C)c1nn(-c2noc(C3CCN(C4CCC(F)(F)CC4)CC3)n2)c2c(F)cccc12. The molecule has 172 valence electrons. The van der Waals surface area contributed by atoms with Crippen LogP contribution in [0.5, 0.6) is 0 Å². The van der Waals surface area contributed by atoms with Crippen molar-refractivity contribution >= 4 is 10.9 Å². The first kappa shape index (κ1) is 21.4. The van der Waals surface area contributed by atoms with Crippen LogP contribution in [0.1, 0.15) is 75.8 Å². The molecule has 2 fully saturated rings. The van der Waals surface area contributed by atoms with E-state index in [1.54, 1.807) is 6.07 Å². The summed E-state index contributed by atoms with van der Waals surface area (Å²) in [6, 6.07) is 5.18. The highest BCUT2D eigenvalue weighted by atomic mass is 19.3. The lowest BCUT2D eigenvalue weighted by atomic mass is 9.88. The van der Waals surface area contributed by atoms with Crippen LogP contribution in [0.15, 0.2) is 22.7 Å². The van der Waals surface area contributed by atoms with E-state index in [4.69, 9.17) is 4.52 Å². The molecule has 1 aromatic carbocycles. The lowest BCUT2D eigenvalue weighted by molar-refractivity contribution is -0.0560. The van der Waals surface area contributed by atoms with Crippen molar-refractivity contribution in [3.8, 4) is 5.95 Å². The minimum Gasteiger partial charge on any atom is -0.337 e. The predicted octanol–water partition coefficient (Wildman–Crippen LogP) is 5.43. The Bertz CT molecular complexity index is 1090. The maximum absolute atomic E-state index is 14.6. The average molecular weight is 448 g/mol. The molecule has 0 unspecified atom stereocenters. The highest BCUT2D eigenvalue weighted by Gasteiger charge is 2.38. The highest BCUT2D eigenvalue weighted by molar-refractivity contribution is 5.84. The largest absolute Gasteiger partial charge is 0.337 e. The van der Waals surface area contributed by atoms with Crippen LogP contribution in [0, 0.1) is 5.82 Å². The Kier molecular flexibility index (Phi) is 5.47. The van der Waals surface area contributed by atoms with Crippen molar-refractivity contribution in [3.05, 3.63) is 35.6 Å². The molecule has 0 N–H and O–H groups in total. The number of piperidine rings is 1. The standard InChI is InChI=1S/C23H28F3N5O/c1-14(2)19-17-4-3-5-18(24)20(17)31(28-19)22-27-21(32-29-22)15-8-12-30(13-9-15)16-6-10-23(25,26)11-7-16/h3-5,14-16H,6-13H2,1-2H3. The van der Waals surface area contributed by atoms with Crippen molar-refractivity contribution in [3.63, 3.8) is 0 Å². The molecule has 3 heterocycles. The third-order valence-corrected chi connectivity index (χ3v) is 6.93. The fourth-order valence-corrected chi connectivity index (χ4v) is 5.10. The molecule has 6 nitrogen and oxygen atoms in total. The van der Waals surface area contributed by atoms with Gasteiger partial charge in [-0.1, -0.05) is 26.0 Å². The monoisotopic (exact) mass is 447 g/mol. The van der Waals surface area contributed by atoms with Crippen LogP contribution in [0.3, 0.4) is 0 Å². The van der Waals surface area contributed by atoms with Crippen molar-refractivity contribution in [2.24, 2.45) is 0 Å². The zero-order valence-electron chi connectivity index (χ0n) is 18.4. The molecule has 5 rings (SSSR count). The summed E-state index contributed by atoms with van der Waals surface area (Å²) in [5.74, 6) is -1.88. The van der Waals surface area contributed by atoms with E-state index in [1.165, 1.54) is 10.7 Å². The maximum atomic E-state index is 14.6. The van der Waals surface area contributed by atoms with Crippen LogP contribution in [0.2, 0.25) is 0 Å². The van der Waals surface area contributed by atoms with Crippen LogP contribution in [-0.4, -0.2) is 49.9 Å². The van der Waals surface area contributed by atoms with E-state index < -0.39 is 5.92 Å². The Balaban J connectivity index is 1.31. The Morgan fingerprint density at radius 3 is 2.50 bits per heavy atom. The Hall–Kier alpha value is -2.42.